The molecule has 2 fully saturated rings. The van der Waals surface area contributed by atoms with Crippen molar-refractivity contribution in [2.24, 2.45) is 0 Å². The van der Waals surface area contributed by atoms with Crippen molar-refractivity contribution in [2.45, 2.75) is 55.7 Å². The number of nitrogens with zero attached hydrogens (tertiary/aromatic N) is 1. The monoisotopic (exact) mass is 371 g/mol. The minimum absolute atomic E-state index is 0.0696. The van der Waals surface area contributed by atoms with Gasteiger partial charge in [-0.3, -0.25) is 0 Å². The van der Waals surface area contributed by atoms with E-state index in [1.165, 1.54) is 5.56 Å². The van der Waals surface area contributed by atoms with Crippen LogP contribution in [-0.2, 0) is 14.8 Å². The lowest BCUT2D eigenvalue weighted by molar-refractivity contribution is 0.0349. The maximum atomic E-state index is 13.2. The van der Waals surface area contributed by atoms with Crippen LogP contribution in [0.25, 0.3) is 11.1 Å². The van der Waals surface area contributed by atoms with E-state index >= 15 is 0 Å². The van der Waals surface area contributed by atoms with Gasteiger partial charge in [0.25, 0.3) is 0 Å². The number of aryl methyl sites for hydroxylation is 1. The van der Waals surface area contributed by atoms with E-state index in [4.69, 9.17) is 4.74 Å². The minimum atomic E-state index is -3.46. The summed E-state index contributed by atoms with van der Waals surface area (Å²) < 4.78 is 33.7. The third-order valence-corrected chi connectivity index (χ3v) is 7.76. The summed E-state index contributed by atoms with van der Waals surface area (Å²) >= 11 is 0. The Morgan fingerprint density at radius 1 is 0.962 bits per heavy atom. The van der Waals surface area contributed by atoms with E-state index in [1.54, 1.807) is 23.5 Å². The highest BCUT2D eigenvalue weighted by Gasteiger charge is 2.47. The summed E-state index contributed by atoms with van der Waals surface area (Å²) in [5.41, 5.74) is 3.33. The number of sulfonamides is 1. The lowest BCUT2D eigenvalue weighted by Gasteiger charge is -2.37. The molecule has 2 aromatic rings. The van der Waals surface area contributed by atoms with E-state index < -0.39 is 10.0 Å². The molecule has 0 amide bonds. The van der Waals surface area contributed by atoms with Gasteiger partial charge in [-0.2, -0.15) is 4.31 Å². The number of benzene rings is 2. The second kappa shape index (κ2) is 6.80. The molecular formula is C21H25NO3S. The molecular weight excluding hydrogens is 346 g/mol. The van der Waals surface area contributed by atoms with Gasteiger partial charge in [-0.05, 0) is 55.9 Å². The summed E-state index contributed by atoms with van der Waals surface area (Å²) in [6.45, 7) is 2.06. The van der Waals surface area contributed by atoms with E-state index in [-0.39, 0.29) is 18.2 Å². The summed E-state index contributed by atoms with van der Waals surface area (Å²) in [4.78, 5) is 0.390. The fourth-order valence-corrected chi connectivity index (χ4v) is 6.33. The SMILES string of the molecule is COC1CC2CCC(C1)N2S(=O)(=O)c1ccc(-c2cccc(C)c2)cc1. The third kappa shape index (κ3) is 3.08. The van der Waals surface area contributed by atoms with Crippen LogP contribution in [-0.4, -0.2) is 38.0 Å². The Labute approximate surface area is 155 Å². The number of fused-ring (bicyclic) bond motifs is 2. The van der Waals surface area contributed by atoms with Crippen molar-refractivity contribution in [3.63, 3.8) is 0 Å². The predicted molar refractivity (Wildman–Crippen MR) is 102 cm³/mol. The number of hydrogen-bond acceptors (Lipinski definition) is 3. The molecule has 4 nitrogen and oxygen atoms in total. The number of methoxy groups -OCH3 is 1. The molecule has 0 aliphatic carbocycles. The Bertz CT molecular complexity index is 878. The largest absolute Gasteiger partial charge is 0.381 e. The molecule has 2 heterocycles. The molecule has 2 atom stereocenters. The molecule has 0 spiro atoms. The Hall–Kier alpha value is -1.69. The van der Waals surface area contributed by atoms with Crippen LogP contribution in [0.3, 0.4) is 0 Å². The third-order valence-electron chi connectivity index (χ3n) is 5.74. The minimum Gasteiger partial charge on any atom is -0.381 e. The molecule has 4 rings (SSSR count). The maximum absolute atomic E-state index is 13.2. The first-order chi connectivity index (χ1) is 12.5. The Balaban J connectivity index is 1.61. The molecule has 0 saturated carbocycles. The summed E-state index contributed by atoms with van der Waals surface area (Å²) in [5.74, 6) is 0. The average molecular weight is 372 g/mol. The normalized spacial score (nSPS) is 26.2. The zero-order valence-corrected chi connectivity index (χ0v) is 16.1. The van der Waals surface area contributed by atoms with Crippen molar-refractivity contribution in [2.75, 3.05) is 7.11 Å². The average Bonchev–Trinajstić information content (AvgIpc) is 2.93. The van der Waals surface area contributed by atoms with Crippen molar-refractivity contribution >= 4 is 10.0 Å². The summed E-state index contributed by atoms with van der Waals surface area (Å²) in [6.07, 6.45) is 3.65. The van der Waals surface area contributed by atoms with Crippen LogP contribution in [0.5, 0.6) is 0 Å². The Kier molecular flexibility index (Phi) is 4.63. The molecule has 2 aromatic carbocycles. The Morgan fingerprint density at radius 2 is 1.62 bits per heavy atom. The van der Waals surface area contributed by atoms with Crippen LogP contribution in [0.1, 0.15) is 31.2 Å². The van der Waals surface area contributed by atoms with Crippen LogP contribution >= 0.6 is 0 Å². The van der Waals surface area contributed by atoms with Crippen molar-refractivity contribution in [3.8, 4) is 11.1 Å². The summed E-state index contributed by atoms with van der Waals surface area (Å²) in [6, 6.07) is 15.7. The molecule has 0 radical (unpaired) electrons. The fourth-order valence-electron chi connectivity index (χ4n) is 4.43. The molecule has 138 valence electrons. The first-order valence-corrected chi connectivity index (χ1v) is 10.7. The zero-order chi connectivity index (χ0) is 18.3. The van der Waals surface area contributed by atoms with Gasteiger partial charge >= 0.3 is 0 Å². The molecule has 2 saturated heterocycles. The Morgan fingerprint density at radius 3 is 2.19 bits per heavy atom. The topological polar surface area (TPSA) is 46.6 Å². The van der Waals surface area contributed by atoms with Crippen molar-refractivity contribution in [3.05, 3.63) is 54.1 Å². The maximum Gasteiger partial charge on any atom is 0.243 e. The molecule has 0 N–H and O–H groups in total. The first-order valence-electron chi connectivity index (χ1n) is 9.22. The van der Waals surface area contributed by atoms with Gasteiger partial charge in [-0.25, -0.2) is 8.42 Å². The predicted octanol–water partition coefficient (Wildman–Crippen LogP) is 3.99. The van der Waals surface area contributed by atoms with Gasteiger partial charge in [0.2, 0.25) is 10.0 Å². The highest BCUT2D eigenvalue weighted by Crippen LogP contribution is 2.40. The van der Waals surface area contributed by atoms with Gasteiger partial charge in [0.15, 0.2) is 0 Å². The lowest BCUT2D eigenvalue weighted by atomic mass is 10.0. The summed E-state index contributed by atoms with van der Waals surface area (Å²) in [5, 5.41) is 0. The second-order valence-electron chi connectivity index (χ2n) is 7.44. The quantitative estimate of drug-likeness (QED) is 0.816. The standard InChI is InChI=1S/C21H25NO3S/c1-15-4-3-5-17(12-15)16-6-10-21(11-7-16)26(23,24)22-18-8-9-19(22)14-20(13-18)25-2/h3-7,10-12,18-20H,8-9,13-14H2,1-2H3. The van der Waals surface area contributed by atoms with Crippen molar-refractivity contribution < 1.29 is 13.2 Å². The van der Waals surface area contributed by atoms with Gasteiger partial charge in [0.1, 0.15) is 0 Å². The smallest absolute Gasteiger partial charge is 0.243 e. The number of hydrogen-bond donors (Lipinski definition) is 0. The lowest BCUT2D eigenvalue weighted by Crippen LogP contribution is -2.48. The van der Waals surface area contributed by atoms with Gasteiger partial charge in [0, 0.05) is 19.2 Å². The van der Waals surface area contributed by atoms with Crippen LogP contribution < -0.4 is 0 Å². The summed E-state index contributed by atoms with van der Waals surface area (Å²) in [7, 11) is -1.74. The molecule has 0 aromatic heterocycles. The zero-order valence-electron chi connectivity index (χ0n) is 15.3. The highest BCUT2D eigenvalue weighted by molar-refractivity contribution is 7.89. The van der Waals surface area contributed by atoms with Crippen LogP contribution in [0.15, 0.2) is 53.4 Å². The van der Waals surface area contributed by atoms with Crippen molar-refractivity contribution in [1.29, 1.82) is 0 Å². The molecule has 5 heteroatoms. The van der Waals surface area contributed by atoms with Gasteiger partial charge in [-0.1, -0.05) is 42.0 Å². The molecule has 2 aliphatic rings. The van der Waals surface area contributed by atoms with Gasteiger partial charge in [0.05, 0.1) is 11.0 Å². The van der Waals surface area contributed by atoms with Crippen molar-refractivity contribution in [1.82, 2.24) is 4.31 Å². The van der Waals surface area contributed by atoms with E-state index in [0.29, 0.717) is 4.90 Å². The fraction of sp³-hybridized carbons (Fsp3) is 0.429. The number of rotatable bonds is 4. The van der Waals surface area contributed by atoms with Crippen LogP contribution in [0.2, 0.25) is 0 Å². The van der Waals surface area contributed by atoms with Crippen LogP contribution in [0, 0.1) is 6.92 Å². The number of piperidine rings is 1. The molecule has 2 unspecified atom stereocenters. The van der Waals surface area contributed by atoms with E-state index in [9.17, 15) is 8.42 Å². The van der Waals surface area contributed by atoms with E-state index in [0.717, 1.165) is 36.8 Å². The first kappa shape index (κ1) is 17.7. The van der Waals surface area contributed by atoms with Gasteiger partial charge < -0.3 is 4.74 Å². The highest BCUT2D eigenvalue weighted by atomic mass is 32.2. The van der Waals surface area contributed by atoms with Crippen LogP contribution in [0.4, 0.5) is 0 Å². The van der Waals surface area contributed by atoms with E-state index in [2.05, 4.69) is 19.1 Å². The molecule has 2 aliphatic heterocycles. The number of ether oxygens (including phenoxy) is 1. The van der Waals surface area contributed by atoms with E-state index in [1.807, 2.05) is 24.3 Å². The van der Waals surface area contributed by atoms with Gasteiger partial charge in [-0.15, -0.1) is 0 Å². The molecule has 26 heavy (non-hydrogen) atoms. The molecule has 2 bridgehead atoms. The second-order valence-corrected chi connectivity index (χ2v) is 9.29.